The lowest BCUT2D eigenvalue weighted by Gasteiger charge is -2.31. The van der Waals surface area contributed by atoms with Gasteiger partial charge in [0.25, 0.3) is 5.91 Å². The van der Waals surface area contributed by atoms with Crippen LogP contribution in [-0.4, -0.2) is 43.7 Å². The van der Waals surface area contributed by atoms with Gasteiger partial charge in [-0.25, -0.2) is 0 Å². The number of ether oxygens (including phenoxy) is 2. The average molecular weight is 387 g/mol. The number of benzene rings is 1. The van der Waals surface area contributed by atoms with E-state index in [0.717, 1.165) is 13.1 Å². The van der Waals surface area contributed by atoms with Gasteiger partial charge in [-0.15, -0.1) is 11.3 Å². The molecule has 2 aliphatic rings. The van der Waals surface area contributed by atoms with Gasteiger partial charge in [0.1, 0.15) is 18.1 Å². The predicted octanol–water partition coefficient (Wildman–Crippen LogP) is 3.87. The van der Waals surface area contributed by atoms with Crippen LogP contribution in [0, 0.1) is 0 Å². The van der Waals surface area contributed by atoms with E-state index in [4.69, 9.17) is 9.47 Å². The fraction of sp³-hybridized carbons (Fsp3) is 0.476. The van der Waals surface area contributed by atoms with Crippen molar-refractivity contribution in [2.45, 2.75) is 31.7 Å². The van der Waals surface area contributed by atoms with E-state index < -0.39 is 0 Å². The first-order valence-electron chi connectivity index (χ1n) is 9.77. The Morgan fingerprint density at radius 3 is 2.59 bits per heavy atom. The third-order valence-electron chi connectivity index (χ3n) is 5.23. The zero-order valence-corrected chi connectivity index (χ0v) is 16.3. The maximum atomic E-state index is 12.8. The summed E-state index contributed by atoms with van der Waals surface area (Å²) in [4.78, 5) is 15.9. The molecule has 1 atom stereocenters. The summed E-state index contributed by atoms with van der Waals surface area (Å²) in [7, 11) is 0. The molecule has 2 aromatic rings. The second-order valence-corrected chi connectivity index (χ2v) is 7.92. The summed E-state index contributed by atoms with van der Waals surface area (Å²) in [6.07, 6.45) is 5.04. The number of carbonyl (C=O) groups excluding carboxylic acids is 1. The Hall–Kier alpha value is -2.05. The Morgan fingerprint density at radius 1 is 1.07 bits per heavy atom. The van der Waals surface area contributed by atoms with Crippen molar-refractivity contribution in [2.24, 2.45) is 0 Å². The van der Waals surface area contributed by atoms with Gasteiger partial charge >= 0.3 is 0 Å². The van der Waals surface area contributed by atoms with Crippen LogP contribution >= 0.6 is 11.3 Å². The van der Waals surface area contributed by atoms with E-state index in [1.165, 1.54) is 42.6 Å². The van der Waals surface area contributed by atoms with Crippen molar-refractivity contribution in [1.82, 2.24) is 10.2 Å². The van der Waals surface area contributed by atoms with Crippen molar-refractivity contribution in [3.8, 4) is 11.5 Å². The first-order chi connectivity index (χ1) is 13.3. The molecule has 1 N–H and O–H groups in total. The van der Waals surface area contributed by atoms with Crippen LogP contribution in [0.3, 0.4) is 0 Å². The number of hydrogen-bond donors (Lipinski definition) is 1. The second-order valence-electron chi connectivity index (χ2n) is 7.04. The van der Waals surface area contributed by atoms with Crippen molar-refractivity contribution >= 4 is 17.2 Å². The van der Waals surface area contributed by atoms with E-state index >= 15 is 0 Å². The molecular formula is C21H26N2O3S. The molecule has 4 rings (SSSR count). The molecule has 0 spiro atoms. The number of fused-ring (bicyclic) bond motifs is 1. The molecule has 0 radical (unpaired) electrons. The number of hydrogen-bond acceptors (Lipinski definition) is 5. The summed E-state index contributed by atoms with van der Waals surface area (Å²) in [6, 6.07) is 10.7. The third-order valence-corrected chi connectivity index (χ3v) is 6.17. The Morgan fingerprint density at radius 2 is 1.81 bits per heavy atom. The highest BCUT2D eigenvalue weighted by Crippen LogP contribution is 2.39. The number of nitrogens with one attached hydrogen (secondary N) is 1. The van der Waals surface area contributed by atoms with Crippen molar-refractivity contribution in [1.29, 1.82) is 0 Å². The van der Waals surface area contributed by atoms with Crippen LogP contribution in [0.2, 0.25) is 0 Å². The van der Waals surface area contributed by atoms with Gasteiger partial charge in [-0.3, -0.25) is 9.69 Å². The number of thiophene rings is 1. The Balaban J connectivity index is 1.48. The maximum absolute atomic E-state index is 12.8. The summed E-state index contributed by atoms with van der Waals surface area (Å²) >= 11 is 1.38. The zero-order chi connectivity index (χ0) is 18.5. The van der Waals surface area contributed by atoms with Gasteiger partial charge in [0, 0.05) is 11.9 Å². The smallest absolute Gasteiger partial charge is 0.265 e. The summed E-state index contributed by atoms with van der Waals surface area (Å²) in [5.74, 6) is 1.20. The summed E-state index contributed by atoms with van der Waals surface area (Å²) in [6.45, 7) is 3.79. The molecule has 2 aliphatic heterocycles. The first-order valence-corrected chi connectivity index (χ1v) is 10.6. The van der Waals surface area contributed by atoms with E-state index in [9.17, 15) is 4.79 Å². The van der Waals surface area contributed by atoms with Crippen LogP contribution in [0.4, 0.5) is 0 Å². The fourth-order valence-electron chi connectivity index (χ4n) is 3.83. The summed E-state index contributed by atoms with van der Waals surface area (Å²) in [5, 5.41) is 5.00. The molecule has 1 amide bonds. The highest BCUT2D eigenvalue weighted by atomic mass is 32.1. The molecule has 0 aliphatic carbocycles. The minimum Gasteiger partial charge on any atom is -0.485 e. The molecule has 1 fully saturated rings. The maximum Gasteiger partial charge on any atom is 0.265 e. The highest BCUT2D eigenvalue weighted by molar-refractivity contribution is 7.12. The lowest BCUT2D eigenvalue weighted by molar-refractivity contribution is 0.0928. The SMILES string of the molecule is O=C(NCC(c1ccccc1)N1CCCCCC1)c1scc2c1OCCO2. The highest BCUT2D eigenvalue weighted by Gasteiger charge is 2.26. The summed E-state index contributed by atoms with van der Waals surface area (Å²) in [5.41, 5.74) is 1.26. The van der Waals surface area contributed by atoms with Gasteiger partial charge in [-0.2, -0.15) is 0 Å². The van der Waals surface area contributed by atoms with Crippen LogP contribution in [0.25, 0.3) is 0 Å². The molecule has 0 bridgehead atoms. The third kappa shape index (κ3) is 4.28. The van der Waals surface area contributed by atoms with Crippen LogP contribution in [-0.2, 0) is 0 Å². The second kappa shape index (κ2) is 8.76. The minimum absolute atomic E-state index is 0.0810. The molecule has 6 heteroatoms. The van der Waals surface area contributed by atoms with Gasteiger partial charge < -0.3 is 14.8 Å². The lowest BCUT2D eigenvalue weighted by Crippen LogP contribution is -2.38. The molecule has 5 nitrogen and oxygen atoms in total. The number of likely N-dealkylation sites (tertiary alicyclic amines) is 1. The van der Waals surface area contributed by atoms with E-state index in [2.05, 4.69) is 34.5 Å². The van der Waals surface area contributed by atoms with Crippen LogP contribution in [0.1, 0.15) is 47.0 Å². The number of carbonyl (C=O) groups is 1. The van der Waals surface area contributed by atoms with Gasteiger partial charge in [-0.1, -0.05) is 43.2 Å². The van der Waals surface area contributed by atoms with Crippen molar-refractivity contribution in [2.75, 3.05) is 32.8 Å². The van der Waals surface area contributed by atoms with Crippen LogP contribution in [0.15, 0.2) is 35.7 Å². The molecule has 1 saturated heterocycles. The minimum atomic E-state index is -0.0810. The summed E-state index contributed by atoms with van der Waals surface area (Å²) < 4.78 is 11.2. The van der Waals surface area contributed by atoms with Crippen LogP contribution in [0.5, 0.6) is 11.5 Å². The molecular weight excluding hydrogens is 360 g/mol. The van der Waals surface area contributed by atoms with Gasteiger partial charge in [-0.05, 0) is 31.5 Å². The van der Waals surface area contributed by atoms with E-state index in [-0.39, 0.29) is 11.9 Å². The number of nitrogens with zero attached hydrogens (tertiary/aromatic N) is 1. The van der Waals surface area contributed by atoms with Gasteiger partial charge in [0.05, 0.1) is 6.04 Å². The Kier molecular flexibility index (Phi) is 5.94. The van der Waals surface area contributed by atoms with Gasteiger partial charge in [0.15, 0.2) is 11.5 Å². The molecule has 27 heavy (non-hydrogen) atoms. The Labute approximate surface area is 164 Å². The molecule has 1 unspecified atom stereocenters. The Bertz CT molecular complexity index is 754. The van der Waals surface area contributed by atoms with E-state index in [1.54, 1.807) is 0 Å². The largest absolute Gasteiger partial charge is 0.485 e. The van der Waals surface area contributed by atoms with E-state index in [0.29, 0.717) is 36.1 Å². The van der Waals surface area contributed by atoms with Crippen LogP contribution < -0.4 is 14.8 Å². The number of rotatable bonds is 5. The molecule has 3 heterocycles. The standard InChI is InChI=1S/C21H26N2O3S/c24-21(20-19-18(15-27-20)25-12-13-26-19)22-14-17(16-8-4-3-5-9-16)23-10-6-1-2-7-11-23/h3-5,8-9,15,17H,1-2,6-7,10-14H2,(H,22,24). The normalized spacial score (nSPS) is 18.5. The molecule has 1 aromatic heterocycles. The average Bonchev–Trinajstić information content (AvgIpc) is 2.96. The van der Waals surface area contributed by atoms with E-state index in [1.807, 2.05) is 11.4 Å². The monoisotopic (exact) mass is 386 g/mol. The molecule has 0 saturated carbocycles. The molecule has 1 aromatic carbocycles. The predicted molar refractivity (Wildman–Crippen MR) is 107 cm³/mol. The molecule has 144 valence electrons. The van der Waals surface area contributed by atoms with Gasteiger partial charge in [0.2, 0.25) is 0 Å². The van der Waals surface area contributed by atoms with Crippen molar-refractivity contribution in [3.05, 3.63) is 46.2 Å². The quantitative estimate of drug-likeness (QED) is 0.848. The van der Waals surface area contributed by atoms with Crippen molar-refractivity contribution in [3.63, 3.8) is 0 Å². The zero-order valence-electron chi connectivity index (χ0n) is 15.5. The lowest BCUT2D eigenvalue weighted by atomic mass is 10.0. The number of amides is 1. The topological polar surface area (TPSA) is 50.8 Å². The van der Waals surface area contributed by atoms with Crippen molar-refractivity contribution < 1.29 is 14.3 Å². The first kappa shape index (κ1) is 18.3. The fourth-order valence-corrected chi connectivity index (χ4v) is 4.67.